The monoisotopic (exact) mass is 600 g/mol. The lowest BCUT2D eigenvalue weighted by atomic mass is 10.1. The number of anilines is 1. The third kappa shape index (κ3) is 6.95. The van der Waals surface area contributed by atoms with Crippen molar-refractivity contribution in [1.82, 2.24) is 14.1 Å². The summed E-state index contributed by atoms with van der Waals surface area (Å²) in [6, 6.07) is 12.6. The molecule has 1 amide bonds. The highest BCUT2D eigenvalue weighted by atomic mass is 35.5. The summed E-state index contributed by atoms with van der Waals surface area (Å²) >= 11 is 18.9. The van der Waals surface area contributed by atoms with Gasteiger partial charge in [-0.2, -0.15) is 8.75 Å². The van der Waals surface area contributed by atoms with Gasteiger partial charge < -0.3 is 15.2 Å². The smallest absolute Gasteiger partial charge is 0.264 e. The van der Waals surface area contributed by atoms with Gasteiger partial charge in [0, 0.05) is 12.1 Å². The summed E-state index contributed by atoms with van der Waals surface area (Å²) in [4.78, 5) is 24.6. The molecule has 0 bridgehead atoms. The van der Waals surface area contributed by atoms with E-state index in [9.17, 15) is 18.0 Å². The van der Waals surface area contributed by atoms with E-state index >= 15 is 0 Å². The van der Waals surface area contributed by atoms with Gasteiger partial charge in [-0.3, -0.25) is 9.52 Å². The van der Waals surface area contributed by atoms with E-state index in [2.05, 4.69) is 18.8 Å². The van der Waals surface area contributed by atoms with Crippen LogP contribution < -0.4 is 10.0 Å². The standard InChI is InChI=1S/C22H15Cl3N4O4S2.CH4O/c23-13-5-6-15(22(31)26-14(11-30)8-12-4-7-16(24)17(25)9-12)19(10-13)29-35(32,33)20-3-1-2-18-21(20)28-34-27-18;1-2/h1-7,9-11,14,29H,8H2,(H,26,31);2H,1H3/t14-;/m0./s1. The number of halogens is 3. The quantitative estimate of drug-likeness (QED) is 0.251. The van der Waals surface area contributed by atoms with Gasteiger partial charge in [-0.25, -0.2) is 8.42 Å². The lowest BCUT2D eigenvalue weighted by Gasteiger charge is -2.16. The Morgan fingerprint density at radius 2 is 1.81 bits per heavy atom. The highest BCUT2D eigenvalue weighted by molar-refractivity contribution is 7.93. The van der Waals surface area contributed by atoms with Gasteiger partial charge in [0.25, 0.3) is 15.9 Å². The van der Waals surface area contributed by atoms with Crippen LogP contribution in [0, 0.1) is 0 Å². The fourth-order valence-corrected chi connectivity index (χ4v) is 5.63. The third-order valence-electron chi connectivity index (χ3n) is 4.93. The topological polar surface area (TPSA) is 138 Å². The average Bonchev–Trinajstić information content (AvgIpc) is 3.36. The molecule has 0 unspecified atom stereocenters. The molecule has 37 heavy (non-hydrogen) atoms. The van der Waals surface area contributed by atoms with Crippen LogP contribution in [-0.2, 0) is 21.2 Å². The Morgan fingerprint density at radius 3 is 2.51 bits per heavy atom. The fraction of sp³-hybridized carbons (Fsp3) is 0.130. The number of aromatic nitrogens is 2. The van der Waals surface area contributed by atoms with Crippen molar-refractivity contribution in [2.24, 2.45) is 0 Å². The number of fused-ring (bicyclic) bond motifs is 1. The molecule has 4 rings (SSSR count). The molecule has 0 fully saturated rings. The van der Waals surface area contributed by atoms with E-state index in [0.29, 0.717) is 27.4 Å². The number of nitrogens with zero attached hydrogens (tertiary/aromatic N) is 2. The van der Waals surface area contributed by atoms with Crippen molar-refractivity contribution in [2.45, 2.75) is 17.4 Å². The summed E-state index contributed by atoms with van der Waals surface area (Å²) in [5.41, 5.74) is 1.23. The first-order chi connectivity index (χ1) is 17.7. The molecule has 14 heteroatoms. The molecule has 0 saturated carbocycles. The summed E-state index contributed by atoms with van der Waals surface area (Å²) in [5, 5.41) is 10.5. The Kier molecular flexibility index (Phi) is 9.82. The van der Waals surface area contributed by atoms with Crippen molar-refractivity contribution in [3.63, 3.8) is 0 Å². The molecule has 1 heterocycles. The Hall–Kier alpha value is -2.80. The van der Waals surface area contributed by atoms with Crippen molar-refractivity contribution in [3.8, 4) is 0 Å². The molecule has 0 saturated heterocycles. The zero-order valence-electron chi connectivity index (χ0n) is 19.0. The number of benzene rings is 3. The molecular formula is C23H19Cl3N4O5S2. The van der Waals surface area contributed by atoms with Crippen molar-refractivity contribution >= 4 is 85.5 Å². The van der Waals surface area contributed by atoms with Gasteiger partial charge in [0.1, 0.15) is 22.2 Å². The predicted octanol–water partition coefficient (Wildman–Crippen LogP) is 4.60. The molecule has 1 aromatic heterocycles. The molecule has 0 aliphatic rings. The summed E-state index contributed by atoms with van der Waals surface area (Å²) in [5.74, 6) is -0.676. The molecule has 0 aliphatic carbocycles. The van der Waals surface area contributed by atoms with E-state index in [0.717, 1.165) is 18.8 Å². The van der Waals surface area contributed by atoms with Gasteiger partial charge in [-0.15, -0.1) is 0 Å². The maximum absolute atomic E-state index is 13.2. The third-order valence-corrected chi connectivity index (χ3v) is 7.84. The summed E-state index contributed by atoms with van der Waals surface area (Å²) < 4.78 is 36.8. The Bertz CT molecular complexity index is 1550. The van der Waals surface area contributed by atoms with Gasteiger partial charge in [0.05, 0.1) is 39.1 Å². The minimum Gasteiger partial charge on any atom is -0.400 e. The molecule has 3 aromatic carbocycles. The first kappa shape index (κ1) is 28.8. The van der Waals surface area contributed by atoms with Gasteiger partial charge in [0.2, 0.25) is 0 Å². The molecule has 4 aromatic rings. The SMILES string of the molecule is CO.O=C[C@H](Cc1ccc(Cl)c(Cl)c1)NC(=O)c1ccc(Cl)cc1NS(=O)(=O)c1cccc2nsnc12. The largest absolute Gasteiger partial charge is 0.400 e. The van der Waals surface area contributed by atoms with Gasteiger partial charge >= 0.3 is 0 Å². The van der Waals surface area contributed by atoms with Crippen molar-refractivity contribution in [1.29, 1.82) is 0 Å². The van der Waals surface area contributed by atoms with E-state index in [4.69, 9.17) is 39.9 Å². The van der Waals surface area contributed by atoms with Crippen LogP contribution in [0.2, 0.25) is 15.1 Å². The first-order valence-electron chi connectivity index (χ1n) is 10.4. The number of amides is 1. The normalized spacial score (nSPS) is 11.8. The van der Waals surface area contributed by atoms with E-state index in [1.165, 1.54) is 24.3 Å². The molecule has 0 spiro atoms. The number of hydrogen-bond donors (Lipinski definition) is 3. The second-order valence-electron chi connectivity index (χ2n) is 7.35. The first-order valence-corrected chi connectivity index (χ1v) is 13.7. The Balaban J connectivity index is 0.00000186. The number of rotatable bonds is 8. The number of carbonyl (C=O) groups excluding carboxylic acids is 2. The van der Waals surface area contributed by atoms with Gasteiger partial charge in [-0.05, 0) is 54.4 Å². The number of carbonyl (C=O) groups is 2. The van der Waals surface area contributed by atoms with Crippen molar-refractivity contribution in [3.05, 3.63) is 80.8 Å². The predicted molar refractivity (Wildman–Crippen MR) is 145 cm³/mol. The summed E-state index contributed by atoms with van der Waals surface area (Å²) in [6.07, 6.45) is 0.732. The number of aldehydes is 1. The second-order valence-corrected chi connectivity index (χ2v) is 10.8. The van der Waals surface area contributed by atoms with Crippen LogP contribution in [0.5, 0.6) is 0 Å². The van der Waals surface area contributed by atoms with Crippen LogP contribution in [0.15, 0.2) is 59.5 Å². The van der Waals surface area contributed by atoms with Crippen LogP contribution in [0.4, 0.5) is 5.69 Å². The average molecular weight is 602 g/mol. The minimum absolute atomic E-state index is 0.0254. The van der Waals surface area contributed by atoms with Gasteiger partial charge in [-0.1, -0.05) is 46.9 Å². The van der Waals surface area contributed by atoms with Crippen LogP contribution >= 0.6 is 46.5 Å². The number of hydrogen-bond acceptors (Lipinski definition) is 8. The highest BCUT2D eigenvalue weighted by Gasteiger charge is 2.24. The minimum atomic E-state index is -4.16. The number of aliphatic hydroxyl groups is 1. The maximum Gasteiger partial charge on any atom is 0.264 e. The summed E-state index contributed by atoms with van der Waals surface area (Å²) in [6.45, 7) is 0. The molecule has 0 aliphatic heterocycles. The van der Waals surface area contributed by atoms with E-state index in [-0.39, 0.29) is 33.1 Å². The van der Waals surface area contributed by atoms with Crippen LogP contribution in [0.3, 0.4) is 0 Å². The van der Waals surface area contributed by atoms with Crippen molar-refractivity contribution in [2.75, 3.05) is 11.8 Å². The molecule has 194 valence electrons. The molecular weight excluding hydrogens is 583 g/mol. The Morgan fingerprint density at radius 1 is 1.05 bits per heavy atom. The lowest BCUT2D eigenvalue weighted by molar-refractivity contribution is -0.109. The lowest BCUT2D eigenvalue weighted by Crippen LogP contribution is -2.38. The van der Waals surface area contributed by atoms with Gasteiger partial charge in [0.15, 0.2) is 0 Å². The number of sulfonamides is 1. The van der Waals surface area contributed by atoms with Crippen LogP contribution in [0.25, 0.3) is 11.0 Å². The van der Waals surface area contributed by atoms with Crippen LogP contribution in [0.1, 0.15) is 15.9 Å². The second kappa shape index (κ2) is 12.6. The molecule has 1 atom stereocenters. The molecule has 0 radical (unpaired) electrons. The summed E-state index contributed by atoms with van der Waals surface area (Å²) in [7, 11) is -3.16. The zero-order chi connectivity index (χ0) is 27.2. The Labute approximate surface area is 231 Å². The zero-order valence-corrected chi connectivity index (χ0v) is 22.9. The van der Waals surface area contributed by atoms with Crippen molar-refractivity contribution < 1.29 is 23.1 Å². The maximum atomic E-state index is 13.2. The molecule has 9 nitrogen and oxygen atoms in total. The number of nitrogens with one attached hydrogen (secondary N) is 2. The fourth-order valence-electron chi connectivity index (χ4n) is 3.30. The molecule has 3 N–H and O–H groups in total. The van der Waals surface area contributed by atoms with E-state index in [1.807, 2.05) is 0 Å². The van der Waals surface area contributed by atoms with E-state index < -0.39 is 22.0 Å². The van der Waals surface area contributed by atoms with E-state index in [1.54, 1.807) is 30.3 Å². The van der Waals surface area contributed by atoms with Crippen LogP contribution in [-0.4, -0.2) is 47.6 Å². The number of aliphatic hydroxyl groups excluding tert-OH is 1. The highest BCUT2D eigenvalue weighted by Crippen LogP contribution is 2.28.